The highest BCUT2D eigenvalue weighted by molar-refractivity contribution is 5.39. The molecule has 0 amide bonds. The first-order valence-electron chi connectivity index (χ1n) is 5.81. The van der Waals surface area contributed by atoms with E-state index in [2.05, 4.69) is 5.10 Å². The maximum Gasteiger partial charge on any atom is 0.128 e. The van der Waals surface area contributed by atoms with Crippen LogP contribution in [0.5, 0.6) is 11.5 Å². The predicted molar refractivity (Wildman–Crippen MR) is 69.5 cm³/mol. The van der Waals surface area contributed by atoms with Crippen LogP contribution in [0.1, 0.15) is 25.5 Å². The van der Waals surface area contributed by atoms with E-state index in [1.54, 1.807) is 35.1 Å². The smallest absolute Gasteiger partial charge is 0.128 e. The number of anilines is 1. The summed E-state index contributed by atoms with van der Waals surface area (Å²) < 4.78 is 7.34. The van der Waals surface area contributed by atoms with Crippen LogP contribution >= 0.6 is 0 Å². The van der Waals surface area contributed by atoms with Gasteiger partial charge < -0.3 is 15.6 Å². The Hall–Kier alpha value is -2.17. The number of aromatic hydroxyl groups is 1. The molecular formula is C13H17N3O2. The number of hydrogen-bond donors (Lipinski definition) is 2. The molecule has 18 heavy (non-hydrogen) atoms. The van der Waals surface area contributed by atoms with E-state index in [1.165, 1.54) is 0 Å². The fraction of sp³-hybridized carbons (Fsp3) is 0.308. The minimum Gasteiger partial charge on any atom is -0.508 e. The van der Waals surface area contributed by atoms with Gasteiger partial charge in [0.1, 0.15) is 23.9 Å². The van der Waals surface area contributed by atoms with Gasteiger partial charge in [-0.3, -0.25) is 0 Å². The molecule has 1 aromatic heterocycles. The monoisotopic (exact) mass is 247 g/mol. The Balaban J connectivity index is 2.04. The largest absolute Gasteiger partial charge is 0.508 e. The molecular weight excluding hydrogens is 230 g/mol. The van der Waals surface area contributed by atoms with E-state index in [9.17, 15) is 0 Å². The van der Waals surface area contributed by atoms with Crippen molar-refractivity contribution in [3.63, 3.8) is 0 Å². The highest BCUT2D eigenvalue weighted by Gasteiger charge is 2.10. The van der Waals surface area contributed by atoms with E-state index in [1.807, 2.05) is 13.8 Å². The lowest BCUT2D eigenvalue weighted by atomic mass is 10.3. The summed E-state index contributed by atoms with van der Waals surface area (Å²) in [5.41, 5.74) is 6.83. The molecule has 5 nitrogen and oxygen atoms in total. The van der Waals surface area contributed by atoms with Gasteiger partial charge in [0.2, 0.25) is 0 Å². The van der Waals surface area contributed by atoms with E-state index in [0.29, 0.717) is 18.2 Å². The molecule has 0 fully saturated rings. The van der Waals surface area contributed by atoms with Crippen LogP contribution in [-0.4, -0.2) is 14.9 Å². The average molecular weight is 247 g/mol. The van der Waals surface area contributed by atoms with Gasteiger partial charge in [0.25, 0.3) is 0 Å². The summed E-state index contributed by atoms with van der Waals surface area (Å²) in [6.07, 6.45) is 1.72. The Morgan fingerprint density at radius 1 is 1.33 bits per heavy atom. The molecule has 0 saturated carbocycles. The number of nitrogen functional groups attached to an aromatic ring is 1. The molecule has 0 atom stereocenters. The van der Waals surface area contributed by atoms with Crippen LogP contribution in [0.4, 0.5) is 5.82 Å². The maximum absolute atomic E-state index is 9.16. The highest BCUT2D eigenvalue weighted by Crippen LogP contribution is 2.20. The molecule has 5 heteroatoms. The molecule has 0 unspecified atom stereocenters. The molecule has 0 aliphatic rings. The normalized spacial score (nSPS) is 10.8. The number of rotatable bonds is 4. The van der Waals surface area contributed by atoms with Crippen molar-refractivity contribution in [1.82, 2.24) is 9.78 Å². The van der Waals surface area contributed by atoms with Crippen LogP contribution in [0.25, 0.3) is 0 Å². The van der Waals surface area contributed by atoms with Crippen LogP contribution in [0, 0.1) is 0 Å². The van der Waals surface area contributed by atoms with Gasteiger partial charge in [-0.15, -0.1) is 0 Å². The SMILES string of the molecule is CC(C)n1ncc(COc2ccc(O)cc2)c1N. The van der Waals surface area contributed by atoms with Crippen LogP contribution in [0.15, 0.2) is 30.5 Å². The van der Waals surface area contributed by atoms with Crippen LogP contribution < -0.4 is 10.5 Å². The van der Waals surface area contributed by atoms with E-state index >= 15 is 0 Å². The summed E-state index contributed by atoms with van der Waals surface area (Å²) in [5.74, 6) is 1.53. The van der Waals surface area contributed by atoms with Crippen molar-refractivity contribution in [2.24, 2.45) is 0 Å². The molecule has 0 aliphatic carbocycles. The zero-order chi connectivity index (χ0) is 13.1. The Morgan fingerprint density at radius 2 is 2.00 bits per heavy atom. The van der Waals surface area contributed by atoms with Crippen molar-refractivity contribution in [2.75, 3.05) is 5.73 Å². The van der Waals surface area contributed by atoms with E-state index < -0.39 is 0 Å². The summed E-state index contributed by atoms with van der Waals surface area (Å²) in [7, 11) is 0. The summed E-state index contributed by atoms with van der Waals surface area (Å²) in [6, 6.07) is 6.80. The van der Waals surface area contributed by atoms with Gasteiger partial charge in [-0.1, -0.05) is 0 Å². The Morgan fingerprint density at radius 3 is 2.56 bits per heavy atom. The first kappa shape index (κ1) is 12.3. The van der Waals surface area contributed by atoms with E-state index in [-0.39, 0.29) is 11.8 Å². The predicted octanol–water partition coefficient (Wildman–Crippen LogP) is 2.33. The van der Waals surface area contributed by atoms with Gasteiger partial charge in [0.05, 0.1) is 11.8 Å². The Labute approximate surface area is 106 Å². The zero-order valence-corrected chi connectivity index (χ0v) is 10.5. The molecule has 1 heterocycles. The van der Waals surface area contributed by atoms with Crippen molar-refractivity contribution in [2.45, 2.75) is 26.5 Å². The minimum atomic E-state index is 0.217. The van der Waals surface area contributed by atoms with Gasteiger partial charge in [-0.25, -0.2) is 4.68 Å². The second-order valence-electron chi connectivity index (χ2n) is 4.38. The first-order valence-corrected chi connectivity index (χ1v) is 5.81. The van der Waals surface area contributed by atoms with Gasteiger partial charge in [0, 0.05) is 6.04 Å². The molecule has 0 spiro atoms. The van der Waals surface area contributed by atoms with E-state index in [4.69, 9.17) is 15.6 Å². The summed E-state index contributed by atoms with van der Waals surface area (Å²) in [4.78, 5) is 0. The maximum atomic E-state index is 9.16. The second kappa shape index (κ2) is 5.00. The van der Waals surface area contributed by atoms with Crippen LogP contribution in [0.3, 0.4) is 0 Å². The quantitative estimate of drug-likeness (QED) is 0.869. The van der Waals surface area contributed by atoms with Crippen LogP contribution in [-0.2, 0) is 6.61 Å². The molecule has 2 rings (SSSR count). The lowest BCUT2D eigenvalue weighted by Gasteiger charge is -2.09. The van der Waals surface area contributed by atoms with Crippen molar-refractivity contribution in [3.05, 3.63) is 36.0 Å². The topological polar surface area (TPSA) is 73.3 Å². The van der Waals surface area contributed by atoms with E-state index in [0.717, 1.165) is 5.56 Å². The number of benzene rings is 1. The third-order valence-corrected chi connectivity index (χ3v) is 2.63. The fourth-order valence-corrected chi connectivity index (χ4v) is 1.63. The molecule has 0 radical (unpaired) electrons. The molecule has 0 aliphatic heterocycles. The fourth-order valence-electron chi connectivity index (χ4n) is 1.63. The van der Waals surface area contributed by atoms with Crippen molar-refractivity contribution in [3.8, 4) is 11.5 Å². The lowest BCUT2D eigenvalue weighted by Crippen LogP contribution is -2.08. The lowest BCUT2D eigenvalue weighted by molar-refractivity contribution is 0.306. The Kier molecular flexibility index (Phi) is 3.41. The number of phenols is 1. The molecule has 2 aromatic rings. The number of hydrogen-bond acceptors (Lipinski definition) is 4. The van der Waals surface area contributed by atoms with Gasteiger partial charge in [-0.05, 0) is 38.1 Å². The minimum absolute atomic E-state index is 0.217. The molecule has 3 N–H and O–H groups in total. The standard InChI is InChI=1S/C13H17N3O2/c1-9(2)16-13(14)10(7-15-16)8-18-12-5-3-11(17)4-6-12/h3-7,9,17H,8,14H2,1-2H3. The molecule has 1 aromatic carbocycles. The first-order chi connectivity index (χ1) is 8.58. The third kappa shape index (κ3) is 2.56. The number of aromatic nitrogens is 2. The number of phenolic OH excluding ortho intramolecular Hbond substituents is 1. The van der Waals surface area contributed by atoms with Crippen molar-refractivity contribution >= 4 is 5.82 Å². The molecule has 0 bridgehead atoms. The van der Waals surface area contributed by atoms with Gasteiger partial charge in [-0.2, -0.15) is 5.10 Å². The average Bonchev–Trinajstić information content (AvgIpc) is 2.70. The number of ether oxygens (including phenoxy) is 1. The van der Waals surface area contributed by atoms with Crippen molar-refractivity contribution < 1.29 is 9.84 Å². The molecule has 96 valence electrons. The zero-order valence-electron chi connectivity index (χ0n) is 10.5. The summed E-state index contributed by atoms with van der Waals surface area (Å²) in [5, 5.41) is 13.4. The highest BCUT2D eigenvalue weighted by atomic mass is 16.5. The number of nitrogens with two attached hydrogens (primary N) is 1. The van der Waals surface area contributed by atoms with Crippen molar-refractivity contribution in [1.29, 1.82) is 0 Å². The second-order valence-corrected chi connectivity index (χ2v) is 4.38. The molecule has 0 saturated heterocycles. The summed E-state index contributed by atoms with van der Waals surface area (Å²) in [6.45, 7) is 4.41. The van der Waals surface area contributed by atoms with Gasteiger partial charge >= 0.3 is 0 Å². The summed E-state index contributed by atoms with van der Waals surface area (Å²) >= 11 is 0. The number of nitrogens with zero attached hydrogens (tertiary/aromatic N) is 2. The van der Waals surface area contributed by atoms with Crippen LogP contribution in [0.2, 0.25) is 0 Å². The van der Waals surface area contributed by atoms with Gasteiger partial charge in [0.15, 0.2) is 0 Å². The Bertz CT molecular complexity index is 518. The third-order valence-electron chi connectivity index (χ3n) is 2.63.